The van der Waals surface area contributed by atoms with Crippen molar-refractivity contribution in [2.45, 2.75) is 12.8 Å². The van der Waals surface area contributed by atoms with Crippen LogP contribution in [0.1, 0.15) is 11.1 Å². The van der Waals surface area contributed by atoms with Gasteiger partial charge in [0, 0.05) is 19.2 Å². The first kappa shape index (κ1) is 14.1. The summed E-state index contributed by atoms with van der Waals surface area (Å²) in [6.07, 6.45) is 1.07. The molecule has 2 aromatic rings. The Hall–Kier alpha value is -2.29. The second-order valence-electron chi connectivity index (χ2n) is 4.86. The molecule has 2 aromatic carbocycles. The van der Waals surface area contributed by atoms with Gasteiger partial charge in [-0.05, 0) is 18.1 Å². The van der Waals surface area contributed by atoms with E-state index in [1.165, 1.54) is 5.56 Å². The van der Waals surface area contributed by atoms with E-state index >= 15 is 0 Å². The van der Waals surface area contributed by atoms with Gasteiger partial charge in [-0.2, -0.15) is 0 Å². The van der Waals surface area contributed by atoms with Crippen LogP contribution in [-0.4, -0.2) is 29.5 Å². The molecule has 1 amide bonds. The average molecular weight is 269 g/mol. The molecule has 0 aliphatic rings. The molecule has 0 saturated heterocycles. The number of rotatable bonds is 5. The van der Waals surface area contributed by atoms with E-state index in [2.05, 4.69) is 12.1 Å². The smallest absolute Gasteiger partial charge is 0.226 e. The third-order valence-corrected chi connectivity index (χ3v) is 3.34. The van der Waals surface area contributed by atoms with Crippen LogP contribution in [0.25, 0.3) is 0 Å². The van der Waals surface area contributed by atoms with Crippen molar-refractivity contribution in [1.82, 2.24) is 4.90 Å². The van der Waals surface area contributed by atoms with Gasteiger partial charge in [-0.3, -0.25) is 4.79 Å². The molecular weight excluding hydrogens is 250 g/mol. The number of amides is 1. The highest BCUT2D eigenvalue weighted by molar-refractivity contribution is 5.79. The van der Waals surface area contributed by atoms with Crippen molar-refractivity contribution < 1.29 is 9.90 Å². The van der Waals surface area contributed by atoms with Gasteiger partial charge in [0.15, 0.2) is 0 Å². The van der Waals surface area contributed by atoms with Gasteiger partial charge in [0.25, 0.3) is 0 Å². The minimum absolute atomic E-state index is 0.0161. The molecule has 0 aliphatic heterocycles. The number of aromatic hydroxyl groups is 1. The number of hydrogen-bond acceptors (Lipinski definition) is 2. The van der Waals surface area contributed by atoms with Crippen LogP contribution in [0.3, 0.4) is 0 Å². The third kappa shape index (κ3) is 3.85. The van der Waals surface area contributed by atoms with Crippen LogP contribution in [0.5, 0.6) is 5.75 Å². The zero-order valence-electron chi connectivity index (χ0n) is 11.6. The number of hydrogen-bond donors (Lipinski definition) is 1. The highest BCUT2D eigenvalue weighted by atomic mass is 16.3. The highest BCUT2D eigenvalue weighted by Crippen LogP contribution is 2.16. The van der Waals surface area contributed by atoms with E-state index in [0.29, 0.717) is 12.1 Å². The fourth-order valence-corrected chi connectivity index (χ4v) is 2.02. The molecule has 0 aromatic heterocycles. The van der Waals surface area contributed by atoms with E-state index in [1.807, 2.05) is 24.3 Å². The third-order valence-electron chi connectivity index (χ3n) is 3.34. The highest BCUT2D eigenvalue weighted by Gasteiger charge is 2.11. The van der Waals surface area contributed by atoms with E-state index in [0.717, 1.165) is 6.42 Å². The Morgan fingerprint density at radius 3 is 2.40 bits per heavy atom. The number of benzene rings is 2. The number of carbonyl (C=O) groups excluding carboxylic acids is 1. The van der Waals surface area contributed by atoms with Crippen molar-refractivity contribution in [3.05, 3.63) is 65.7 Å². The van der Waals surface area contributed by atoms with Crippen LogP contribution in [0.4, 0.5) is 0 Å². The van der Waals surface area contributed by atoms with Gasteiger partial charge in [0.2, 0.25) is 5.91 Å². The molecule has 3 heteroatoms. The molecule has 0 spiro atoms. The molecule has 104 valence electrons. The van der Waals surface area contributed by atoms with Gasteiger partial charge in [0.1, 0.15) is 5.75 Å². The van der Waals surface area contributed by atoms with E-state index in [4.69, 9.17) is 0 Å². The maximum atomic E-state index is 12.1. The predicted octanol–water partition coefficient (Wildman–Crippen LogP) is 2.64. The van der Waals surface area contributed by atoms with Crippen LogP contribution >= 0.6 is 0 Å². The van der Waals surface area contributed by atoms with Crippen LogP contribution in [0.15, 0.2) is 54.6 Å². The minimum atomic E-state index is 0.0161. The molecule has 0 aliphatic carbocycles. The predicted molar refractivity (Wildman–Crippen MR) is 79.6 cm³/mol. The first-order chi connectivity index (χ1) is 9.66. The van der Waals surface area contributed by atoms with Crippen molar-refractivity contribution in [2.75, 3.05) is 13.6 Å². The summed E-state index contributed by atoms with van der Waals surface area (Å²) in [6, 6.07) is 17.1. The Morgan fingerprint density at radius 1 is 1.05 bits per heavy atom. The Kier molecular flexibility index (Phi) is 4.77. The van der Waals surface area contributed by atoms with Crippen molar-refractivity contribution >= 4 is 5.91 Å². The number of carbonyl (C=O) groups is 1. The fourth-order valence-electron chi connectivity index (χ4n) is 2.02. The summed E-state index contributed by atoms with van der Waals surface area (Å²) >= 11 is 0. The maximum absolute atomic E-state index is 12.1. The second kappa shape index (κ2) is 6.75. The lowest BCUT2D eigenvalue weighted by Gasteiger charge is -2.17. The molecular formula is C17H19NO2. The topological polar surface area (TPSA) is 40.5 Å². The first-order valence-electron chi connectivity index (χ1n) is 6.71. The molecule has 3 nitrogen and oxygen atoms in total. The van der Waals surface area contributed by atoms with Crippen LogP contribution in [0, 0.1) is 0 Å². The Morgan fingerprint density at radius 2 is 1.70 bits per heavy atom. The van der Waals surface area contributed by atoms with Gasteiger partial charge in [-0.15, -0.1) is 0 Å². The molecule has 2 rings (SSSR count). The van der Waals surface area contributed by atoms with Crippen LogP contribution in [0.2, 0.25) is 0 Å². The van der Waals surface area contributed by atoms with E-state index in [-0.39, 0.29) is 18.1 Å². The van der Waals surface area contributed by atoms with Crippen LogP contribution in [-0.2, 0) is 17.6 Å². The van der Waals surface area contributed by atoms with Crippen molar-refractivity contribution in [1.29, 1.82) is 0 Å². The normalized spacial score (nSPS) is 10.2. The van der Waals surface area contributed by atoms with Crippen LogP contribution < -0.4 is 0 Å². The van der Waals surface area contributed by atoms with Gasteiger partial charge in [0.05, 0.1) is 6.42 Å². The molecule has 0 fully saturated rings. The molecule has 1 N–H and O–H groups in total. The number of nitrogens with zero attached hydrogens (tertiary/aromatic N) is 1. The molecule has 0 heterocycles. The summed E-state index contributed by atoms with van der Waals surface area (Å²) in [7, 11) is 1.80. The number of likely N-dealkylation sites (N-methyl/N-ethyl adjacent to an activating group) is 1. The van der Waals surface area contributed by atoms with Gasteiger partial charge in [-0.25, -0.2) is 0 Å². The summed E-state index contributed by atoms with van der Waals surface area (Å²) in [5.41, 5.74) is 1.89. The Labute approximate surface area is 119 Å². The zero-order chi connectivity index (χ0) is 14.4. The van der Waals surface area contributed by atoms with Crippen molar-refractivity contribution in [2.24, 2.45) is 0 Å². The maximum Gasteiger partial charge on any atom is 0.226 e. The Balaban J connectivity index is 1.88. The van der Waals surface area contributed by atoms with E-state index in [1.54, 1.807) is 30.1 Å². The van der Waals surface area contributed by atoms with E-state index < -0.39 is 0 Å². The summed E-state index contributed by atoms with van der Waals surface area (Å²) in [5.74, 6) is 0.194. The minimum Gasteiger partial charge on any atom is -0.508 e. The monoisotopic (exact) mass is 269 g/mol. The zero-order valence-corrected chi connectivity index (χ0v) is 11.6. The molecule has 0 radical (unpaired) electrons. The summed E-state index contributed by atoms with van der Waals surface area (Å²) in [4.78, 5) is 13.8. The standard InChI is InChI=1S/C17H19NO2/c1-18(12-11-14-7-3-2-4-8-14)17(20)13-15-9-5-6-10-16(15)19/h2-10,19H,11-13H2,1H3. The lowest BCUT2D eigenvalue weighted by Crippen LogP contribution is -2.30. The van der Waals surface area contributed by atoms with Gasteiger partial charge in [-0.1, -0.05) is 48.5 Å². The first-order valence-corrected chi connectivity index (χ1v) is 6.71. The molecule has 20 heavy (non-hydrogen) atoms. The largest absolute Gasteiger partial charge is 0.508 e. The number of para-hydroxylation sites is 1. The number of phenolic OH excluding ortho intramolecular Hbond substituents is 1. The Bertz CT molecular complexity index is 566. The summed E-state index contributed by atoms with van der Waals surface area (Å²) in [5, 5.41) is 9.68. The van der Waals surface area contributed by atoms with Gasteiger partial charge >= 0.3 is 0 Å². The van der Waals surface area contributed by atoms with E-state index in [9.17, 15) is 9.90 Å². The summed E-state index contributed by atoms with van der Waals surface area (Å²) < 4.78 is 0. The number of phenols is 1. The lowest BCUT2D eigenvalue weighted by molar-refractivity contribution is -0.129. The molecule has 0 bridgehead atoms. The van der Waals surface area contributed by atoms with Gasteiger partial charge < -0.3 is 10.0 Å². The second-order valence-corrected chi connectivity index (χ2v) is 4.86. The quantitative estimate of drug-likeness (QED) is 0.906. The average Bonchev–Trinajstić information content (AvgIpc) is 2.48. The SMILES string of the molecule is CN(CCc1ccccc1)C(=O)Cc1ccccc1O. The fraction of sp³-hybridized carbons (Fsp3) is 0.235. The van der Waals surface area contributed by atoms with Crippen molar-refractivity contribution in [3.8, 4) is 5.75 Å². The molecule has 0 unspecified atom stereocenters. The van der Waals surface area contributed by atoms with Crippen molar-refractivity contribution in [3.63, 3.8) is 0 Å². The molecule has 0 saturated carbocycles. The summed E-state index contributed by atoms with van der Waals surface area (Å²) in [6.45, 7) is 0.677. The lowest BCUT2D eigenvalue weighted by atomic mass is 10.1. The molecule has 0 atom stereocenters.